The fourth-order valence-electron chi connectivity index (χ4n) is 2.01. The van der Waals surface area contributed by atoms with Crippen LogP contribution in [0, 0.1) is 12.7 Å². The number of nitrogens with zero attached hydrogens (tertiary/aromatic N) is 2. The van der Waals surface area contributed by atoms with Crippen LogP contribution in [0.1, 0.15) is 20.8 Å². The predicted molar refractivity (Wildman–Crippen MR) is 106 cm³/mol. The largest absolute Gasteiger partial charge is 0.351 e. The van der Waals surface area contributed by atoms with Gasteiger partial charge in [-0.05, 0) is 41.6 Å². The van der Waals surface area contributed by atoms with Gasteiger partial charge < -0.3 is 5.32 Å². The van der Waals surface area contributed by atoms with Crippen LogP contribution in [0.4, 0.5) is 9.52 Å². The van der Waals surface area contributed by atoms with E-state index in [1.165, 1.54) is 46.6 Å². The molecule has 27 heavy (non-hydrogen) atoms. The van der Waals surface area contributed by atoms with Gasteiger partial charge in [0, 0.05) is 6.54 Å². The molecule has 2 aromatic heterocycles. The van der Waals surface area contributed by atoms with E-state index in [1.807, 2.05) is 18.4 Å². The van der Waals surface area contributed by atoms with Crippen molar-refractivity contribution in [3.05, 3.63) is 57.5 Å². The first kappa shape index (κ1) is 19.5. The van der Waals surface area contributed by atoms with E-state index in [9.17, 15) is 14.0 Å². The summed E-state index contributed by atoms with van der Waals surface area (Å²) in [5.41, 5.74) is 1.85. The first-order valence-corrected chi connectivity index (χ1v) is 10.5. The first-order chi connectivity index (χ1) is 13.0. The maximum Gasteiger partial charge on any atom is 0.267 e. The molecule has 6 nitrogen and oxygen atoms in total. The van der Waals surface area contributed by atoms with E-state index >= 15 is 0 Å². The maximum atomic E-state index is 12.8. The average molecular weight is 423 g/mol. The monoisotopic (exact) mass is 422 g/mol. The minimum atomic E-state index is -0.311. The first-order valence-electron chi connectivity index (χ1n) is 7.83. The summed E-state index contributed by atoms with van der Waals surface area (Å²) in [5, 5.41) is 15.6. The number of hydrogen-bond acceptors (Lipinski definition) is 7. The number of hydrogen-bond donors (Lipinski definition) is 2. The number of halogens is 1. The van der Waals surface area contributed by atoms with Crippen molar-refractivity contribution in [1.82, 2.24) is 15.5 Å². The van der Waals surface area contributed by atoms with E-state index in [0.29, 0.717) is 20.9 Å². The fourth-order valence-corrected chi connectivity index (χ4v) is 4.38. The van der Waals surface area contributed by atoms with Crippen LogP contribution < -0.4 is 10.6 Å². The Balaban J connectivity index is 1.44. The zero-order valence-electron chi connectivity index (χ0n) is 14.2. The van der Waals surface area contributed by atoms with Crippen LogP contribution in [-0.4, -0.2) is 27.8 Å². The molecule has 140 valence electrons. The number of thioether (sulfide) groups is 1. The van der Waals surface area contributed by atoms with Crippen LogP contribution in [0.15, 0.2) is 40.1 Å². The van der Waals surface area contributed by atoms with E-state index in [4.69, 9.17) is 0 Å². The van der Waals surface area contributed by atoms with E-state index in [-0.39, 0.29) is 23.4 Å². The maximum absolute atomic E-state index is 12.8. The zero-order chi connectivity index (χ0) is 19.2. The van der Waals surface area contributed by atoms with E-state index in [1.54, 1.807) is 12.1 Å². The number of anilines is 1. The second-order valence-electron chi connectivity index (χ2n) is 5.51. The second kappa shape index (κ2) is 9.07. The van der Waals surface area contributed by atoms with Crippen molar-refractivity contribution in [3.63, 3.8) is 0 Å². The predicted octanol–water partition coefficient (Wildman–Crippen LogP) is 3.71. The third-order valence-corrected chi connectivity index (χ3v) is 6.33. The van der Waals surface area contributed by atoms with Gasteiger partial charge in [0.2, 0.25) is 11.0 Å². The van der Waals surface area contributed by atoms with Crippen LogP contribution in [-0.2, 0) is 11.3 Å². The lowest BCUT2D eigenvalue weighted by molar-refractivity contribution is -0.118. The highest BCUT2D eigenvalue weighted by molar-refractivity contribution is 8.01. The van der Waals surface area contributed by atoms with Gasteiger partial charge in [0.1, 0.15) is 5.82 Å². The van der Waals surface area contributed by atoms with Gasteiger partial charge in [0.25, 0.3) is 5.91 Å². The Morgan fingerprint density at radius 1 is 1.22 bits per heavy atom. The smallest absolute Gasteiger partial charge is 0.267 e. The van der Waals surface area contributed by atoms with Crippen LogP contribution in [0.5, 0.6) is 0 Å². The Morgan fingerprint density at radius 2 is 2.00 bits per heavy atom. The number of aryl methyl sites for hydroxylation is 1. The van der Waals surface area contributed by atoms with Gasteiger partial charge in [-0.2, -0.15) is 0 Å². The van der Waals surface area contributed by atoms with Gasteiger partial charge in [-0.25, -0.2) is 4.39 Å². The number of amides is 2. The number of rotatable bonds is 7. The summed E-state index contributed by atoms with van der Waals surface area (Å²) in [6, 6.07) is 7.76. The minimum Gasteiger partial charge on any atom is -0.351 e. The third-order valence-electron chi connectivity index (χ3n) is 3.31. The number of carbonyl (C=O) groups is 2. The van der Waals surface area contributed by atoms with Crippen LogP contribution in [0.3, 0.4) is 0 Å². The van der Waals surface area contributed by atoms with E-state index < -0.39 is 0 Å². The molecule has 0 unspecified atom stereocenters. The van der Waals surface area contributed by atoms with Gasteiger partial charge in [-0.1, -0.05) is 35.2 Å². The van der Waals surface area contributed by atoms with Gasteiger partial charge in [-0.15, -0.1) is 21.5 Å². The molecule has 2 heterocycles. The highest BCUT2D eigenvalue weighted by Gasteiger charge is 2.13. The molecule has 2 amide bonds. The molecule has 0 atom stereocenters. The van der Waals surface area contributed by atoms with Crippen molar-refractivity contribution in [3.8, 4) is 0 Å². The Kier molecular flexibility index (Phi) is 6.54. The number of carbonyl (C=O) groups excluding carboxylic acids is 2. The molecule has 0 bridgehead atoms. The van der Waals surface area contributed by atoms with E-state index in [2.05, 4.69) is 20.8 Å². The summed E-state index contributed by atoms with van der Waals surface area (Å²) in [5.74, 6) is -0.528. The topological polar surface area (TPSA) is 84.0 Å². The molecule has 10 heteroatoms. The van der Waals surface area contributed by atoms with Crippen molar-refractivity contribution >= 4 is 51.4 Å². The molecule has 0 fully saturated rings. The summed E-state index contributed by atoms with van der Waals surface area (Å²) >= 11 is 3.82. The standard InChI is InChI=1S/C17H15FN4O2S3/c1-10-6-13(25-8-10)15(24)20-16-21-22-17(27-16)26-9-14(23)19-7-11-2-4-12(18)5-3-11/h2-6,8H,7,9H2,1H3,(H,19,23)(H,20,21,24). The molecule has 0 saturated carbocycles. The van der Waals surface area contributed by atoms with Gasteiger partial charge in [0.05, 0.1) is 10.6 Å². The average Bonchev–Trinajstić information content (AvgIpc) is 3.28. The SMILES string of the molecule is Cc1csc(C(=O)Nc2nnc(SCC(=O)NCc3ccc(F)cc3)s2)c1. The van der Waals surface area contributed by atoms with Gasteiger partial charge in [-0.3, -0.25) is 14.9 Å². The Hall–Kier alpha value is -2.30. The molecule has 1 aromatic carbocycles. The lowest BCUT2D eigenvalue weighted by atomic mass is 10.2. The molecule has 0 aliphatic heterocycles. The summed E-state index contributed by atoms with van der Waals surface area (Å²) in [6.07, 6.45) is 0. The highest BCUT2D eigenvalue weighted by Crippen LogP contribution is 2.26. The molecular formula is C17H15FN4O2S3. The Morgan fingerprint density at radius 3 is 2.70 bits per heavy atom. The number of aromatic nitrogens is 2. The van der Waals surface area contributed by atoms with Crippen molar-refractivity contribution in [2.75, 3.05) is 11.1 Å². The third kappa shape index (κ3) is 5.84. The van der Waals surface area contributed by atoms with Gasteiger partial charge in [0.15, 0.2) is 4.34 Å². The molecular weight excluding hydrogens is 407 g/mol. The quantitative estimate of drug-likeness (QED) is 0.448. The molecule has 2 N–H and O–H groups in total. The van der Waals surface area contributed by atoms with Crippen LogP contribution in [0.25, 0.3) is 0 Å². The Bertz CT molecular complexity index is 940. The summed E-state index contributed by atoms with van der Waals surface area (Å²) in [7, 11) is 0. The minimum absolute atomic E-state index is 0.167. The van der Waals surface area contributed by atoms with Crippen LogP contribution >= 0.6 is 34.4 Å². The Labute approximate surface area is 167 Å². The van der Waals surface area contributed by atoms with Crippen molar-refractivity contribution in [2.45, 2.75) is 17.8 Å². The van der Waals surface area contributed by atoms with E-state index in [0.717, 1.165) is 11.1 Å². The number of thiophene rings is 1. The van der Waals surface area contributed by atoms with Gasteiger partial charge >= 0.3 is 0 Å². The van der Waals surface area contributed by atoms with Crippen molar-refractivity contribution in [2.24, 2.45) is 0 Å². The molecule has 0 radical (unpaired) electrons. The number of nitrogens with one attached hydrogen (secondary N) is 2. The molecule has 3 aromatic rings. The van der Waals surface area contributed by atoms with Crippen molar-refractivity contribution in [1.29, 1.82) is 0 Å². The summed E-state index contributed by atoms with van der Waals surface area (Å²) in [6.45, 7) is 2.26. The van der Waals surface area contributed by atoms with Crippen molar-refractivity contribution < 1.29 is 14.0 Å². The fraction of sp³-hybridized carbons (Fsp3) is 0.176. The molecule has 0 aliphatic rings. The molecule has 0 aliphatic carbocycles. The lowest BCUT2D eigenvalue weighted by Crippen LogP contribution is -2.24. The number of benzene rings is 1. The second-order valence-corrected chi connectivity index (χ2v) is 8.62. The molecule has 0 saturated heterocycles. The highest BCUT2D eigenvalue weighted by atomic mass is 32.2. The van der Waals surface area contributed by atoms with Crippen LogP contribution in [0.2, 0.25) is 0 Å². The lowest BCUT2D eigenvalue weighted by Gasteiger charge is -2.04. The normalized spacial score (nSPS) is 10.6. The summed E-state index contributed by atoms with van der Waals surface area (Å²) < 4.78 is 13.4. The zero-order valence-corrected chi connectivity index (χ0v) is 16.6. The molecule has 0 spiro atoms. The summed E-state index contributed by atoms with van der Waals surface area (Å²) in [4.78, 5) is 24.6. The molecule has 3 rings (SSSR count).